The van der Waals surface area contributed by atoms with Crippen LogP contribution < -0.4 is 10.6 Å². The molecule has 0 spiro atoms. The number of thioether (sulfide) groups is 1. The average Bonchev–Trinajstić information content (AvgIpc) is 2.93. The summed E-state index contributed by atoms with van der Waals surface area (Å²) < 4.78 is 0. The standard InChI is InChI=1S/C14H20N2OS/c1-18-13-7-3-2-5-11(13)8-10-16-14(17)12-6-4-9-15-12/h2-3,5,7,12,15H,4,6,8-10H2,1H3,(H,16,17). The Bertz CT molecular complexity index is 403. The fraction of sp³-hybridized carbons (Fsp3) is 0.500. The van der Waals surface area contributed by atoms with Gasteiger partial charge in [0.15, 0.2) is 0 Å². The summed E-state index contributed by atoms with van der Waals surface area (Å²) >= 11 is 1.75. The summed E-state index contributed by atoms with van der Waals surface area (Å²) in [5.74, 6) is 0.147. The van der Waals surface area contributed by atoms with Crippen molar-refractivity contribution in [3.05, 3.63) is 29.8 Å². The van der Waals surface area contributed by atoms with Gasteiger partial charge in [0.25, 0.3) is 0 Å². The van der Waals surface area contributed by atoms with Gasteiger partial charge >= 0.3 is 0 Å². The van der Waals surface area contributed by atoms with Crippen molar-refractivity contribution in [3.63, 3.8) is 0 Å². The minimum Gasteiger partial charge on any atom is -0.354 e. The molecule has 2 N–H and O–H groups in total. The van der Waals surface area contributed by atoms with Crippen molar-refractivity contribution in [2.24, 2.45) is 0 Å². The van der Waals surface area contributed by atoms with Crippen LogP contribution in [0.2, 0.25) is 0 Å². The van der Waals surface area contributed by atoms with Gasteiger partial charge in [-0.3, -0.25) is 4.79 Å². The molecule has 1 aromatic carbocycles. The fourth-order valence-corrected chi connectivity index (χ4v) is 2.91. The van der Waals surface area contributed by atoms with E-state index in [0.29, 0.717) is 6.54 Å². The molecule has 3 nitrogen and oxygen atoms in total. The predicted octanol–water partition coefficient (Wildman–Crippen LogP) is 1.82. The number of carbonyl (C=O) groups is 1. The smallest absolute Gasteiger partial charge is 0.237 e. The second kappa shape index (κ2) is 6.81. The monoisotopic (exact) mass is 264 g/mol. The van der Waals surface area contributed by atoms with Gasteiger partial charge in [0.05, 0.1) is 6.04 Å². The largest absolute Gasteiger partial charge is 0.354 e. The van der Waals surface area contributed by atoms with Crippen LogP contribution in [0.5, 0.6) is 0 Å². The molecule has 0 saturated carbocycles. The van der Waals surface area contributed by atoms with Crippen molar-refractivity contribution < 1.29 is 4.79 Å². The Kier molecular flexibility index (Phi) is 5.08. The molecular formula is C14H20N2OS. The van der Waals surface area contributed by atoms with Crippen LogP contribution in [-0.4, -0.2) is 31.3 Å². The Hall–Kier alpha value is -1.00. The van der Waals surface area contributed by atoms with E-state index in [4.69, 9.17) is 0 Å². The molecule has 1 atom stereocenters. The lowest BCUT2D eigenvalue weighted by molar-refractivity contribution is -0.122. The first-order chi connectivity index (χ1) is 8.81. The highest BCUT2D eigenvalue weighted by atomic mass is 32.2. The third-order valence-electron chi connectivity index (χ3n) is 3.26. The summed E-state index contributed by atoms with van der Waals surface area (Å²) in [5.41, 5.74) is 1.31. The van der Waals surface area contributed by atoms with Crippen molar-refractivity contribution >= 4 is 17.7 Å². The molecule has 1 amide bonds. The van der Waals surface area contributed by atoms with Gasteiger partial charge in [-0.25, -0.2) is 0 Å². The second-order valence-electron chi connectivity index (χ2n) is 4.50. The fourth-order valence-electron chi connectivity index (χ4n) is 2.26. The topological polar surface area (TPSA) is 41.1 Å². The molecule has 0 aromatic heterocycles. The highest BCUT2D eigenvalue weighted by molar-refractivity contribution is 7.98. The van der Waals surface area contributed by atoms with Gasteiger partial charge in [0.2, 0.25) is 5.91 Å². The minimum absolute atomic E-state index is 0.0285. The number of rotatable bonds is 5. The van der Waals surface area contributed by atoms with Crippen LogP contribution in [0.25, 0.3) is 0 Å². The molecule has 1 unspecified atom stereocenters. The van der Waals surface area contributed by atoms with Gasteiger partial charge in [-0.1, -0.05) is 18.2 Å². The third kappa shape index (κ3) is 3.50. The molecule has 0 bridgehead atoms. The molecule has 1 aliphatic heterocycles. The lowest BCUT2D eigenvalue weighted by Crippen LogP contribution is -2.41. The van der Waals surface area contributed by atoms with Gasteiger partial charge < -0.3 is 10.6 Å². The first-order valence-corrected chi connectivity index (χ1v) is 7.66. The highest BCUT2D eigenvalue weighted by Gasteiger charge is 2.21. The Morgan fingerprint density at radius 1 is 1.50 bits per heavy atom. The van der Waals surface area contributed by atoms with Gasteiger partial charge in [-0.2, -0.15) is 0 Å². The molecule has 98 valence electrons. The molecule has 4 heteroatoms. The number of benzene rings is 1. The summed E-state index contributed by atoms with van der Waals surface area (Å²) in [6.45, 7) is 1.68. The van der Waals surface area contributed by atoms with Gasteiger partial charge in [0.1, 0.15) is 0 Å². The van der Waals surface area contributed by atoms with E-state index in [1.807, 2.05) is 0 Å². The second-order valence-corrected chi connectivity index (χ2v) is 5.35. The molecular weight excluding hydrogens is 244 g/mol. The zero-order valence-corrected chi connectivity index (χ0v) is 11.6. The van der Waals surface area contributed by atoms with Crippen LogP contribution in [0.3, 0.4) is 0 Å². The van der Waals surface area contributed by atoms with E-state index >= 15 is 0 Å². The van der Waals surface area contributed by atoms with Crippen LogP contribution >= 0.6 is 11.8 Å². The van der Waals surface area contributed by atoms with Gasteiger partial charge in [-0.15, -0.1) is 11.8 Å². The zero-order chi connectivity index (χ0) is 12.8. The number of carbonyl (C=O) groups excluding carboxylic acids is 1. The van der Waals surface area contributed by atoms with E-state index in [1.165, 1.54) is 10.5 Å². The number of hydrogen-bond donors (Lipinski definition) is 2. The van der Waals surface area contributed by atoms with E-state index in [-0.39, 0.29) is 11.9 Å². The van der Waals surface area contributed by atoms with Crippen molar-refractivity contribution in [1.82, 2.24) is 10.6 Å². The van der Waals surface area contributed by atoms with E-state index in [9.17, 15) is 4.79 Å². The summed E-state index contributed by atoms with van der Waals surface area (Å²) in [4.78, 5) is 13.1. The van der Waals surface area contributed by atoms with Gasteiger partial charge in [0, 0.05) is 11.4 Å². The van der Waals surface area contributed by atoms with Crippen LogP contribution in [0.4, 0.5) is 0 Å². The Morgan fingerprint density at radius 2 is 2.33 bits per heavy atom. The first kappa shape index (κ1) is 13.4. The van der Waals surface area contributed by atoms with Crippen molar-refractivity contribution in [2.45, 2.75) is 30.2 Å². The van der Waals surface area contributed by atoms with Crippen LogP contribution in [0.15, 0.2) is 29.2 Å². The molecule has 1 aliphatic rings. The average molecular weight is 264 g/mol. The predicted molar refractivity (Wildman–Crippen MR) is 76.0 cm³/mol. The Labute approximate surface area is 113 Å². The molecule has 1 heterocycles. The summed E-state index contributed by atoms with van der Waals surface area (Å²) in [6, 6.07) is 8.39. The lowest BCUT2D eigenvalue weighted by Gasteiger charge is -2.12. The summed E-state index contributed by atoms with van der Waals surface area (Å²) in [7, 11) is 0. The molecule has 1 fully saturated rings. The lowest BCUT2D eigenvalue weighted by atomic mass is 10.1. The molecule has 0 aliphatic carbocycles. The maximum atomic E-state index is 11.8. The van der Waals surface area contributed by atoms with Crippen LogP contribution in [0, 0.1) is 0 Å². The Balaban J connectivity index is 1.79. The zero-order valence-electron chi connectivity index (χ0n) is 10.7. The SMILES string of the molecule is CSc1ccccc1CCNC(=O)C1CCCN1. The maximum absolute atomic E-state index is 11.8. The van der Waals surface area contributed by atoms with Crippen LogP contribution in [0.1, 0.15) is 18.4 Å². The molecule has 1 saturated heterocycles. The first-order valence-electron chi connectivity index (χ1n) is 6.44. The molecule has 0 radical (unpaired) electrons. The number of nitrogens with one attached hydrogen (secondary N) is 2. The van der Waals surface area contributed by atoms with Crippen molar-refractivity contribution in [2.75, 3.05) is 19.3 Å². The molecule has 2 rings (SSSR count). The third-order valence-corrected chi connectivity index (χ3v) is 4.10. The molecule has 18 heavy (non-hydrogen) atoms. The van der Waals surface area contributed by atoms with Crippen molar-refractivity contribution in [1.29, 1.82) is 0 Å². The van der Waals surface area contributed by atoms with Gasteiger partial charge in [-0.05, 0) is 43.7 Å². The summed E-state index contributed by atoms with van der Waals surface area (Å²) in [5, 5.41) is 6.23. The molecule has 1 aromatic rings. The van der Waals surface area contributed by atoms with E-state index in [1.54, 1.807) is 11.8 Å². The normalized spacial score (nSPS) is 18.8. The van der Waals surface area contributed by atoms with E-state index in [2.05, 4.69) is 41.2 Å². The summed E-state index contributed by atoms with van der Waals surface area (Å²) in [6.07, 6.45) is 5.05. The number of amides is 1. The number of hydrogen-bond acceptors (Lipinski definition) is 3. The maximum Gasteiger partial charge on any atom is 0.237 e. The van der Waals surface area contributed by atoms with E-state index < -0.39 is 0 Å². The van der Waals surface area contributed by atoms with Crippen LogP contribution in [-0.2, 0) is 11.2 Å². The quantitative estimate of drug-likeness (QED) is 0.797. The Morgan fingerprint density at radius 3 is 3.06 bits per heavy atom. The van der Waals surface area contributed by atoms with Crippen molar-refractivity contribution in [3.8, 4) is 0 Å². The minimum atomic E-state index is 0.0285. The highest BCUT2D eigenvalue weighted by Crippen LogP contribution is 2.19. The van der Waals surface area contributed by atoms with E-state index in [0.717, 1.165) is 25.8 Å².